The second kappa shape index (κ2) is 8.08. The zero-order valence-electron chi connectivity index (χ0n) is 16.9. The fourth-order valence-electron chi connectivity index (χ4n) is 4.19. The predicted molar refractivity (Wildman–Crippen MR) is 118 cm³/mol. The standard InChI is InChI=1S/C25H26N2O2/c1-3-17-10-7-11-18(4-2)24(17)26-25(29)20-15-23(28)27(16-20)22-14-8-12-19-9-5-6-13-21(19)22/h5-14,20H,3-4,15-16H2,1-2H3,(H,26,29)/t20-/m1/s1. The van der Waals surface area contributed by atoms with Gasteiger partial charge in [0.05, 0.1) is 11.6 Å². The minimum atomic E-state index is -0.351. The van der Waals surface area contributed by atoms with Crippen molar-refractivity contribution in [3.8, 4) is 0 Å². The van der Waals surface area contributed by atoms with Crippen molar-refractivity contribution in [2.75, 3.05) is 16.8 Å². The highest BCUT2D eigenvalue weighted by Crippen LogP contribution is 2.32. The van der Waals surface area contributed by atoms with Crippen LogP contribution >= 0.6 is 0 Å². The number of carbonyl (C=O) groups excluding carboxylic acids is 2. The van der Waals surface area contributed by atoms with Crippen molar-refractivity contribution in [3.05, 3.63) is 71.8 Å². The molecular weight excluding hydrogens is 360 g/mol. The first-order valence-corrected chi connectivity index (χ1v) is 10.3. The van der Waals surface area contributed by atoms with Gasteiger partial charge in [0.1, 0.15) is 0 Å². The summed E-state index contributed by atoms with van der Waals surface area (Å²) in [7, 11) is 0. The van der Waals surface area contributed by atoms with E-state index >= 15 is 0 Å². The second-order valence-electron chi connectivity index (χ2n) is 7.55. The van der Waals surface area contributed by atoms with E-state index in [1.165, 1.54) is 0 Å². The molecule has 0 aliphatic carbocycles. The SMILES string of the molecule is CCc1cccc(CC)c1NC(=O)[C@@H]1CC(=O)N(c2cccc3ccccc23)C1. The van der Waals surface area contributed by atoms with E-state index in [9.17, 15) is 9.59 Å². The number of amides is 2. The summed E-state index contributed by atoms with van der Waals surface area (Å²) in [6, 6.07) is 20.1. The molecule has 1 aliphatic heterocycles. The molecule has 29 heavy (non-hydrogen) atoms. The molecule has 1 aliphatic rings. The zero-order chi connectivity index (χ0) is 20.4. The number of hydrogen-bond donors (Lipinski definition) is 1. The molecule has 0 aromatic heterocycles. The minimum Gasteiger partial charge on any atom is -0.325 e. The summed E-state index contributed by atoms with van der Waals surface area (Å²) < 4.78 is 0. The van der Waals surface area contributed by atoms with Gasteiger partial charge < -0.3 is 10.2 Å². The van der Waals surface area contributed by atoms with E-state index in [-0.39, 0.29) is 24.2 Å². The fraction of sp³-hybridized carbons (Fsp3) is 0.280. The molecular formula is C25H26N2O2. The van der Waals surface area contributed by atoms with E-state index in [1.807, 2.05) is 48.5 Å². The molecule has 1 fully saturated rings. The Morgan fingerprint density at radius 1 is 0.966 bits per heavy atom. The average molecular weight is 386 g/mol. The number of benzene rings is 3. The highest BCUT2D eigenvalue weighted by molar-refractivity contribution is 6.08. The Morgan fingerprint density at radius 3 is 2.34 bits per heavy atom. The summed E-state index contributed by atoms with van der Waals surface area (Å²) in [5.41, 5.74) is 4.06. The second-order valence-corrected chi connectivity index (χ2v) is 7.55. The summed E-state index contributed by atoms with van der Waals surface area (Å²) in [6.07, 6.45) is 1.95. The number of para-hydroxylation sites is 1. The van der Waals surface area contributed by atoms with Crippen LogP contribution in [0.15, 0.2) is 60.7 Å². The lowest BCUT2D eigenvalue weighted by atomic mass is 10.0. The molecule has 1 atom stereocenters. The molecule has 3 aromatic rings. The average Bonchev–Trinajstić information content (AvgIpc) is 3.15. The third kappa shape index (κ3) is 3.63. The van der Waals surface area contributed by atoms with Crippen LogP contribution in [0.3, 0.4) is 0 Å². The maximum Gasteiger partial charge on any atom is 0.229 e. The first kappa shape index (κ1) is 19.2. The van der Waals surface area contributed by atoms with E-state index in [4.69, 9.17) is 0 Å². The minimum absolute atomic E-state index is 0.000921. The van der Waals surface area contributed by atoms with E-state index in [1.54, 1.807) is 4.90 Å². The molecule has 4 heteroatoms. The van der Waals surface area contributed by atoms with Crippen LogP contribution in [0.4, 0.5) is 11.4 Å². The molecule has 0 bridgehead atoms. The highest BCUT2D eigenvalue weighted by atomic mass is 16.2. The Balaban J connectivity index is 1.58. The maximum atomic E-state index is 13.0. The van der Waals surface area contributed by atoms with Gasteiger partial charge in [-0.05, 0) is 35.4 Å². The summed E-state index contributed by atoms with van der Waals surface area (Å²) in [5.74, 6) is -0.422. The maximum absolute atomic E-state index is 13.0. The Hall–Kier alpha value is -3.14. The van der Waals surface area contributed by atoms with Crippen molar-refractivity contribution < 1.29 is 9.59 Å². The van der Waals surface area contributed by atoms with Crippen molar-refractivity contribution >= 4 is 34.0 Å². The molecule has 4 nitrogen and oxygen atoms in total. The predicted octanol–water partition coefficient (Wildman–Crippen LogP) is 4.96. The van der Waals surface area contributed by atoms with Crippen molar-refractivity contribution in [2.24, 2.45) is 5.92 Å². The van der Waals surface area contributed by atoms with Crippen LogP contribution in [0, 0.1) is 5.92 Å². The molecule has 1 N–H and O–H groups in total. The van der Waals surface area contributed by atoms with Crippen molar-refractivity contribution in [1.29, 1.82) is 0 Å². The van der Waals surface area contributed by atoms with Gasteiger partial charge in [-0.2, -0.15) is 0 Å². The Labute approximate surface area is 171 Å². The number of aryl methyl sites for hydroxylation is 2. The molecule has 0 spiro atoms. The summed E-state index contributed by atoms with van der Waals surface area (Å²) in [5, 5.41) is 5.26. The Morgan fingerprint density at radius 2 is 1.62 bits per heavy atom. The van der Waals surface area contributed by atoms with Crippen LogP contribution in [-0.4, -0.2) is 18.4 Å². The largest absolute Gasteiger partial charge is 0.325 e. The Bertz CT molecular complexity index is 1050. The van der Waals surface area contributed by atoms with Gasteiger partial charge in [-0.15, -0.1) is 0 Å². The molecule has 1 saturated heterocycles. The first-order chi connectivity index (χ1) is 14.1. The molecule has 0 radical (unpaired) electrons. The lowest BCUT2D eigenvalue weighted by Gasteiger charge is -2.20. The molecule has 3 aromatic carbocycles. The van der Waals surface area contributed by atoms with E-state index in [0.29, 0.717) is 6.54 Å². The van der Waals surface area contributed by atoms with E-state index < -0.39 is 0 Å². The van der Waals surface area contributed by atoms with E-state index in [2.05, 4.69) is 31.3 Å². The van der Waals surface area contributed by atoms with Gasteiger partial charge in [0.15, 0.2) is 0 Å². The van der Waals surface area contributed by atoms with Crippen molar-refractivity contribution in [3.63, 3.8) is 0 Å². The molecule has 1 heterocycles. The lowest BCUT2D eigenvalue weighted by Crippen LogP contribution is -2.28. The molecule has 0 saturated carbocycles. The number of hydrogen-bond acceptors (Lipinski definition) is 2. The molecule has 4 rings (SSSR count). The van der Waals surface area contributed by atoms with E-state index in [0.717, 1.165) is 46.1 Å². The molecule has 148 valence electrons. The molecule has 2 amide bonds. The highest BCUT2D eigenvalue weighted by Gasteiger charge is 2.36. The van der Waals surface area contributed by atoms with Gasteiger partial charge in [0, 0.05) is 24.0 Å². The topological polar surface area (TPSA) is 49.4 Å². The summed E-state index contributed by atoms with van der Waals surface area (Å²) >= 11 is 0. The number of fused-ring (bicyclic) bond motifs is 1. The molecule has 0 unspecified atom stereocenters. The smallest absolute Gasteiger partial charge is 0.229 e. The quantitative estimate of drug-likeness (QED) is 0.674. The van der Waals surface area contributed by atoms with Crippen LogP contribution < -0.4 is 10.2 Å². The fourth-order valence-corrected chi connectivity index (χ4v) is 4.19. The number of nitrogens with one attached hydrogen (secondary N) is 1. The van der Waals surface area contributed by atoms with Crippen LogP contribution in [0.5, 0.6) is 0 Å². The third-order valence-corrected chi connectivity index (χ3v) is 5.80. The van der Waals surface area contributed by atoms with Crippen molar-refractivity contribution in [1.82, 2.24) is 0 Å². The summed E-state index contributed by atoms with van der Waals surface area (Å²) in [4.78, 5) is 27.6. The number of nitrogens with zero attached hydrogens (tertiary/aromatic N) is 1. The number of anilines is 2. The van der Waals surface area contributed by atoms with Crippen LogP contribution in [0.1, 0.15) is 31.4 Å². The normalized spacial score (nSPS) is 16.4. The summed E-state index contributed by atoms with van der Waals surface area (Å²) in [6.45, 7) is 4.59. The Kier molecular flexibility index (Phi) is 5.34. The van der Waals surface area contributed by atoms with Gasteiger partial charge in [-0.1, -0.05) is 68.4 Å². The van der Waals surface area contributed by atoms with Crippen LogP contribution in [0.2, 0.25) is 0 Å². The van der Waals surface area contributed by atoms with Crippen LogP contribution in [-0.2, 0) is 22.4 Å². The first-order valence-electron chi connectivity index (χ1n) is 10.3. The third-order valence-electron chi connectivity index (χ3n) is 5.80. The van der Waals surface area contributed by atoms with Crippen LogP contribution in [0.25, 0.3) is 10.8 Å². The van der Waals surface area contributed by atoms with Gasteiger partial charge >= 0.3 is 0 Å². The number of carbonyl (C=O) groups is 2. The van der Waals surface area contributed by atoms with Gasteiger partial charge in [-0.25, -0.2) is 0 Å². The van der Waals surface area contributed by atoms with Gasteiger partial charge in [0.2, 0.25) is 11.8 Å². The zero-order valence-corrected chi connectivity index (χ0v) is 16.9. The van der Waals surface area contributed by atoms with Crippen molar-refractivity contribution in [2.45, 2.75) is 33.1 Å². The van der Waals surface area contributed by atoms with Gasteiger partial charge in [0.25, 0.3) is 0 Å². The van der Waals surface area contributed by atoms with Gasteiger partial charge in [-0.3, -0.25) is 9.59 Å². The number of rotatable bonds is 5. The lowest BCUT2D eigenvalue weighted by molar-refractivity contribution is -0.122. The monoisotopic (exact) mass is 386 g/mol.